The fourth-order valence-electron chi connectivity index (χ4n) is 7.39. The Morgan fingerprint density at radius 2 is 1.74 bits per heavy atom. The van der Waals surface area contributed by atoms with E-state index in [9.17, 15) is 19.5 Å². The van der Waals surface area contributed by atoms with Gasteiger partial charge in [-0.1, -0.05) is 59.6 Å². The summed E-state index contributed by atoms with van der Waals surface area (Å²) >= 11 is 0. The van der Waals surface area contributed by atoms with E-state index in [0.717, 1.165) is 25.7 Å². The van der Waals surface area contributed by atoms with Crippen LogP contribution >= 0.6 is 0 Å². The second-order valence-electron chi connectivity index (χ2n) is 12.1. The Hall–Kier alpha value is -2.19. The first kappa shape index (κ1) is 31.3. The van der Waals surface area contributed by atoms with Crippen molar-refractivity contribution in [1.29, 1.82) is 0 Å². The smallest absolute Gasteiger partial charge is 0.248 e. The van der Waals surface area contributed by atoms with E-state index in [0.29, 0.717) is 32.6 Å². The van der Waals surface area contributed by atoms with Gasteiger partial charge in [0.15, 0.2) is 0 Å². The van der Waals surface area contributed by atoms with Crippen LogP contribution in [0.2, 0.25) is 0 Å². The summed E-state index contributed by atoms with van der Waals surface area (Å²) in [6, 6.07) is -1.45. The average Bonchev–Trinajstić information content (AvgIpc) is 3.42. The summed E-state index contributed by atoms with van der Waals surface area (Å²) in [5.41, 5.74) is -1.99. The molecule has 8 heteroatoms. The highest BCUT2D eigenvalue weighted by Crippen LogP contribution is 2.66. The molecule has 1 N–H and O–H groups in total. The Balaban J connectivity index is 2.19. The van der Waals surface area contributed by atoms with E-state index in [4.69, 9.17) is 4.74 Å². The molecule has 3 aliphatic heterocycles. The van der Waals surface area contributed by atoms with E-state index in [2.05, 4.69) is 27.0 Å². The summed E-state index contributed by atoms with van der Waals surface area (Å²) < 4.78 is 6.91. The first-order chi connectivity index (χ1) is 18.5. The van der Waals surface area contributed by atoms with Crippen molar-refractivity contribution in [3.8, 4) is 0 Å². The zero-order chi connectivity index (χ0) is 29.1. The predicted molar refractivity (Wildman–Crippen MR) is 153 cm³/mol. The molecule has 8 atom stereocenters. The molecule has 8 nitrogen and oxygen atoms in total. The molecule has 0 saturated carbocycles. The maximum absolute atomic E-state index is 14.6. The summed E-state index contributed by atoms with van der Waals surface area (Å²) in [4.78, 5) is 48.4. The Morgan fingerprint density at radius 3 is 2.26 bits per heavy atom. The average molecular weight is 546 g/mol. The Bertz CT molecular complexity index is 939. The first-order valence-corrected chi connectivity index (χ1v) is 15.0. The molecular weight excluding hydrogens is 494 g/mol. The highest BCUT2D eigenvalue weighted by molar-refractivity contribution is 5.99. The van der Waals surface area contributed by atoms with Crippen molar-refractivity contribution in [3.63, 3.8) is 0 Å². The lowest BCUT2D eigenvalue weighted by Gasteiger charge is -2.41. The molecule has 3 aliphatic rings. The SMILES string of the molecule is C=CCN(CCCC)C(=O)C1N([C@@H](CO)[C@@H](C)CC)C(=O)[C@@H]2[C@@H](C(=O)N(CC=C)CCC)[C@]3(C)OC12CC3C. The number of rotatable bonds is 15. The molecular formula is C31H51N3O5. The van der Waals surface area contributed by atoms with Crippen molar-refractivity contribution in [2.75, 3.05) is 32.8 Å². The van der Waals surface area contributed by atoms with E-state index in [1.807, 2.05) is 27.7 Å². The van der Waals surface area contributed by atoms with Crippen molar-refractivity contribution in [2.24, 2.45) is 23.7 Å². The number of nitrogens with zero attached hydrogens (tertiary/aromatic N) is 3. The Morgan fingerprint density at radius 1 is 1.13 bits per heavy atom. The second-order valence-corrected chi connectivity index (χ2v) is 12.1. The Labute approximate surface area is 235 Å². The molecule has 0 aliphatic carbocycles. The van der Waals surface area contributed by atoms with Crippen LogP contribution in [0.1, 0.15) is 73.6 Å². The molecule has 0 radical (unpaired) electrons. The fraction of sp³-hybridized carbons (Fsp3) is 0.774. The van der Waals surface area contributed by atoms with Gasteiger partial charge in [0.1, 0.15) is 11.6 Å². The van der Waals surface area contributed by atoms with Crippen LogP contribution in [0, 0.1) is 23.7 Å². The lowest BCUT2D eigenvalue weighted by atomic mass is 9.62. The molecule has 220 valence electrons. The number of ether oxygens (including phenoxy) is 1. The lowest BCUT2D eigenvalue weighted by Crippen LogP contribution is -2.60. The normalized spacial score (nSPS) is 32.6. The number of unbranched alkanes of at least 4 members (excludes halogenated alkanes) is 1. The zero-order valence-corrected chi connectivity index (χ0v) is 25.0. The largest absolute Gasteiger partial charge is 0.394 e. The molecule has 0 aromatic rings. The number of carbonyl (C=O) groups excluding carboxylic acids is 3. The van der Waals surface area contributed by atoms with Gasteiger partial charge < -0.3 is 24.5 Å². The Kier molecular flexibility index (Phi) is 10.1. The lowest BCUT2D eigenvalue weighted by molar-refractivity contribution is -0.158. The molecule has 3 amide bonds. The monoisotopic (exact) mass is 545 g/mol. The van der Waals surface area contributed by atoms with E-state index in [-0.39, 0.29) is 36.2 Å². The van der Waals surface area contributed by atoms with Crippen molar-refractivity contribution in [1.82, 2.24) is 14.7 Å². The quantitative estimate of drug-likeness (QED) is 0.317. The number of carbonyl (C=O) groups is 3. The van der Waals surface area contributed by atoms with E-state index < -0.39 is 35.1 Å². The van der Waals surface area contributed by atoms with Crippen molar-refractivity contribution in [2.45, 2.75) is 96.9 Å². The minimum Gasteiger partial charge on any atom is -0.394 e. The standard InChI is InChI=1S/C31H51N3O5/c1-9-14-18-33(17-12-4)29(38)26-31-19-22(7)30(8,39-31)24(27(36)32(15-10-2)16-11-3)25(31)28(37)34(26)23(20-35)21(6)13-5/h10,12,21-26,35H,2,4,9,11,13-20H2,1,3,5-8H3/t21-,22?,23-,24-,25-,26?,30+,31?/m0/s1. The number of amides is 3. The summed E-state index contributed by atoms with van der Waals surface area (Å²) in [6.07, 6.45) is 7.21. The number of aliphatic hydroxyl groups excluding tert-OH is 1. The number of likely N-dealkylation sites (tertiary alicyclic amines) is 1. The summed E-state index contributed by atoms with van der Waals surface area (Å²) in [5, 5.41) is 10.6. The third kappa shape index (κ3) is 5.08. The third-order valence-corrected chi connectivity index (χ3v) is 9.70. The predicted octanol–water partition coefficient (Wildman–Crippen LogP) is 3.64. The van der Waals surface area contributed by atoms with E-state index in [1.54, 1.807) is 26.9 Å². The molecule has 0 aromatic carbocycles. The first-order valence-electron chi connectivity index (χ1n) is 15.0. The molecule has 3 heterocycles. The zero-order valence-electron chi connectivity index (χ0n) is 25.0. The molecule has 0 aromatic heterocycles. The highest BCUT2D eigenvalue weighted by atomic mass is 16.5. The maximum atomic E-state index is 14.6. The number of fused-ring (bicyclic) bond motifs is 1. The molecule has 3 unspecified atom stereocenters. The molecule has 2 bridgehead atoms. The number of hydrogen-bond acceptors (Lipinski definition) is 5. The van der Waals surface area contributed by atoms with Gasteiger partial charge in [0, 0.05) is 26.2 Å². The molecule has 1 spiro atoms. The minimum absolute atomic E-state index is 0.0300. The van der Waals surface area contributed by atoms with Gasteiger partial charge in [-0.3, -0.25) is 14.4 Å². The van der Waals surface area contributed by atoms with Crippen LogP contribution in [0.15, 0.2) is 25.3 Å². The van der Waals surface area contributed by atoms with Crippen LogP contribution in [0.3, 0.4) is 0 Å². The van der Waals surface area contributed by atoms with Gasteiger partial charge >= 0.3 is 0 Å². The van der Waals surface area contributed by atoms with E-state index in [1.165, 1.54) is 0 Å². The van der Waals surface area contributed by atoms with Gasteiger partial charge in [-0.2, -0.15) is 0 Å². The fourth-order valence-corrected chi connectivity index (χ4v) is 7.39. The number of aliphatic hydroxyl groups is 1. The van der Waals surface area contributed by atoms with Gasteiger partial charge in [-0.15, -0.1) is 13.2 Å². The van der Waals surface area contributed by atoms with Crippen molar-refractivity contribution in [3.05, 3.63) is 25.3 Å². The minimum atomic E-state index is -1.12. The van der Waals surface area contributed by atoms with Crippen LogP contribution in [0.25, 0.3) is 0 Å². The van der Waals surface area contributed by atoms with E-state index >= 15 is 0 Å². The van der Waals surface area contributed by atoms with Crippen molar-refractivity contribution < 1.29 is 24.2 Å². The van der Waals surface area contributed by atoms with Gasteiger partial charge in [0.2, 0.25) is 17.7 Å². The van der Waals surface area contributed by atoms with Crippen LogP contribution in [-0.4, -0.2) is 93.6 Å². The van der Waals surface area contributed by atoms with Crippen LogP contribution in [-0.2, 0) is 19.1 Å². The second kappa shape index (κ2) is 12.5. The van der Waals surface area contributed by atoms with Crippen LogP contribution in [0.4, 0.5) is 0 Å². The topological polar surface area (TPSA) is 90.4 Å². The molecule has 3 rings (SSSR count). The summed E-state index contributed by atoms with van der Waals surface area (Å²) in [6.45, 7) is 21.4. The van der Waals surface area contributed by atoms with Gasteiger partial charge in [0.25, 0.3) is 0 Å². The summed E-state index contributed by atoms with van der Waals surface area (Å²) in [5.74, 6) is -2.09. The van der Waals surface area contributed by atoms with Crippen molar-refractivity contribution >= 4 is 17.7 Å². The maximum Gasteiger partial charge on any atom is 0.248 e. The highest BCUT2D eigenvalue weighted by Gasteiger charge is 2.80. The van der Waals surface area contributed by atoms with Crippen LogP contribution in [0.5, 0.6) is 0 Å². The van der Waals surface area contributed by atoms with Gasteiger partial charge in [0.05, 0.1) is 30.1 Å². The van der Waals surface area contributed by atoms with Gasteiger partial charge in [-0.25, -0.2) is 0 Å². The molecule has 39 heavy (non-hydrogen) atoms. The molecule has 3 fully saturated rings. The molecule has 3 saturated heterocycles. The van der Waals surface area contributed by atoms with Gasteiger partial charge in [-0.05, 0) is 38.0 Å². The summed E-state index contributed by atoms with van der Waals surface area (Å²) in [7, 11) is 0. The van der Waals surface area contributed by atoms with Crippen LogP contribution < -0.4 is 0 Å². The number of hydrogen-bond donors (Lipinski definition) is 1. The third-order valence-electron chi connectivity index (χ3n) is 9.70.